The predicted octanol–water partition coefficient (Wildman–Crippen LogP) is 3.59. The number of hydrogen-bond acceptors (Lipinski definition) is 3. The first-order valence-electron chi connectivity index (χ1n) is 7.72. The molecule has 0 aromatic carbocycles. The van der Waals surface area contributed by atoms with Crippen LogP contribution in [0.15, 0.2) is 12.3 Å². The summed E-state index contributed by atoms with van der Waals surface area (Å²) in [6, 6.07) is 1.76. The summed E-state index contributed by atoms with van der Waals surface area (Å²) in [5, 5.41) is 3.24. The number of anilines is 1. The Morgan fingerprint density at radius 2 is 2.10 bits per heavy atom. The molecule has 0 fully saturated rings. The largest absolute Gasteiger partial charge is 0.354 e. The van der Waals surface area contributed by atoms with Crippen molar-refractivity contribution in [1.82, 2.24) is 10.3 Å². The Kier molecular flexibility index (Phi) is 7.52. The fourth-order valence-corrected chi connectivity index (χ4v) is 2.10. The van der Waals surface area contributed by atoms with Crippen molar-refractivity contribution in [1.29, 1.82) is 0 Å². The van der Waals surface area contributed by atoms with Gasteiger partial charge in [-0.3, -0.25) is 0 Å². The first-order valence-corrected chi connectivity index (χ1v) is 7.72. The second kappa shape index (κ2) is 8.90. The molecule has 4 heteroatoms. The molecular formula is C16H28FN3. The van der Waals surface area contributed by atoms with Crippen LogP contribution in [0.2, 0.25) is 0 Å². The SMILES string of the molecule is CCCNCc1ccnc(N(CC)CC(C)CC)c1F. The van der Waals surface area contributed by atoms with E-state index >= 15 is 0 Å². The summed E-state index contributed by atoms with van der Waals surface area (Å²) in [6.45, 7) is 11.6. The maximum Gasteiger partial charge on any atom is 0.170 e. The Morgan fingerprint density at radius 3 is 2.70 bits per heavy atom. The number of aromatic nitrogens is 1. The Bertz CT molecular complexity index is 395. The van der Waals surface area contributed by atoms with E-state index in [4.69, 9.17) is 0 Å². The quantitative estimate of drug-likeness (QED) is 0.701. The summed E-state index contributed by atoms with van der Waals surface area (Å²) in [4.78, 5) is 6.28. The number of hydrogen-bond donors (Lipinski definition) is 1. The van der Waals surface area contributed by atoms with E-state index in [9.17, 15) is 4.39 Å². The molecule has 0 aliphatic carbocycles. The zero-order chi connectivity index (χ0) is 15.0. The highest BCUT2D eigenvalue weighted by Crippen LogP contribution is 2.21. The van der Waals surface area contributed by atoms with Crippen molar-refractivity contribution in [2.45, 2.75) is 47.1 Å². The zero-order valence-corrected chi connectivity index (χ0v) is 13.2. The zero-order valence-electron chi connectivity index (χ0n) is 13.2. The normalized spacial score (nSPS) is 12.4. The Labute approximate surface area is 122 Å². The van der Waals surface area contributed by atoms with Crippen molar-refractivity contribution < 1.29 is 4.39 Å². The predicted molar refractivity (Wildman–Crippen MR) is 83.5 cm³/mol. The van der Waals surface area contributed by atoms with Gasteiger partial charge in [-0.2, -0.15) is 0 Å². The minimum absolute atomic E-state index is 0.179. The summed E-state index contributed by atoms with van der Waals surface area (Å²) < 4.78 is 14.5. The lowest BCUT2D eigenvalue weighted by molar-refractivity contribution is 0.528. The summed E-state index contributed by atoms with van der Waals surface area (Å²) in [5.41, 5.74) is 0.700. The molecule has 0 amide bonds. The van der Waals surface area contributed by atoms with Crippen molar-refractivity contribution in [3.8, 4) is 0 Å². The van der Waals surface area contributed by atoms with Crippen LogP contribution in [0.1, 0.15) is 46.1 Å². The van der Waals surface area contributed by atoms with Crippen molar-refractivity contribution in [3.05, 3.63) is 23.6 Å². The van der Waals surface area contributed by atoms with Gasteiger partial charge in [-0.05, 0) is 31.9 Å². The first-order chi connectivity index (χ1) is 9.63. The van der Waals surface area contributed by atoms with Crippen LogP contribution in [-0.2, 0) is 6.54 Å². The third-order valence-electron chi connectivity index (χ3n) is 3.60. The fourth-order valence-electron chi connectivity index (χ4n) is 2.10. The average molecular weight is 281 g/mol. The fraction of sp³-hybridized carbons (Fsp3) is 0.688. The van der Waals surface area contributed by atoms with Crippen LogP contribution < -0.4 is 10.2 Å². The molecule has 1 atom stereocenters. The molecule has 0 aliphatic heterocycles. The number of halogens is 1. The number of pyridine rings is 1. The van der Waals surface area contributed by atoms with Crippen LogP contribution in [0.4, 0.5) is 10.2 Å². The van der Waals surface area contributed by atoms with Gasteiger partial charge < -0.3 is 10.2 Å². The van der Waals surface area contributed by atoms with Crippen molar-refractivity contribution in [2.75, 3.05) is 24.5 Å². The number of rotatable bonds is 9. The molecule has 3 nitrogen and oxygen atoms in total. The Balaban J connectivity index is 2.84. The smallest absolute Gasteiger partial charge is 0.170 e. The van der Waals surface area contributed by atoms with E-state index in [0.29, 0.717) is 23.8 Å². The molecule has 0 bridgehead atoms. The molecule has 1 heterocycles. The van der Waals surface area contributed by atoms with Gasteiger partial charge in [0, 0.05) is 31.4 Å². The van der Waals surface area contributed by atoms with Gasteiger partial charge in [0.2, 0.25) is 0 Å². The molecule has 1 N–H and O–H groups in total. The molecule has 114 valence electrons. The monoisotopic (exact) mass is 281 g/mol. The Morgan fingerprint density at radius 1 is 1.35 bits per heavy atom. The van der Waals surface area contributed by atoms with Gasteiger partial charge >= 0.3 is 0 Å². The maximum atomic E-state index is 14.5. The van der Waals surface area contributed by atoms with E-state index in [0.717, 1.165) is 32.5 Å². The minimum atomic E-state index is -0.179. The molecule has 1 rings (SSSR count). The van der Waals surface area contributed by atoms with Crippen LogP contribution in [0.25, 0.3) is 0 Å². The van der Waals surface area contributed by atoms with Crippen LogP contribution in [0.3, 0.4) is 0 Å². The van der Waals surface area contributed by atoms with E-state index < -0.39 is 0 Å². The number of nitrogens with one attached hydrogen (secondary N) is 1. The minimum Gasteiger partial charge on any atom is -0.354 e. The molecule has 20 heavy (non-hydrogen) atoms. The first kappa shape index (κ1) is 16.9. The maximum absolute atomic E-state index is 14.5. The van der Waals surface area contributed by atoms with Gasteiger partial charge in [0.05, 0.1) is 0 Å². The van der Waals surface area contributed by atoms with E-state index in [2.05, 4.69) is 31.1 Å². The highest BCUT2D eigenvalue weighted by atomic mass is 19.1. The van der Waals surface area contributed by atoms with Crippen LogP contribution in [0.5, 0.6) is 0 Å². The van der Waals surface area contributed by atoms with Crippen molar-refractivity contribution in [2.24, 2.45) is 5.92 Å². The van der Waals surface area contributed by atoms with Crippen molar-refractivity contribution >= 4 is 5.82 Å². The molecule has 0 aliphatic rings. The average Bonchev–Trinajstić information content (AvgIpc) is 2.47. The lowest BCUT2D eigenvalue weighted by atomic mass is 10.1. The van der Waals surface area contributed by atoms with E-state index in [-0.39, 0.29) is 5.82 Å². The lowest BCUT2D eigenvalue weighted by Gasteiger charge is -2.26. The van der Waals surface area contributed by atoms with E-state index in [1.54, 1.807) is 12.3 Å². The van der Waals surface area contributed by atoms with E-state index in [1.807, 2.05) is 11.8 Å². The third-order valence-corrected chi connectivity index (χ3v) is 3.60. The van der Waals surface area contributed by atoms with Gasteiger partial charge in [-0.25, -0.2) is 9.37 Å². The molecule has 1 aromatic heterocycles. The Hall–Kier alpha value is -1.16. The highest BCUT2D eigenvalue weighted by molar-refractivity contribution is 5.43. The van der Waals surface area contributed by atoms with Crippen molar-refractivity contribution in [3.63, 3.8) is 0 Å². The summed E-state index contributed by atoms with van der Waals surface area (Å²) >= 11 is 0. The molecule has 1 unspecified atom stereocenters. The summed E-state index contributed by atoms with van der Waals surface area (Å²) in [5.74, 6) is 0.850. The standard InChI is InChI=1S/C16H28FN3/c1-5-9-18-11-14-8-10-19-16(15(14)17)20(7-3)12-13(4)6-2/h8,10,13,18H,5-7,9,11-12H2,1-4H3. The summed E-state index contributed by atoms with van der Waals surface area (Å²) in [6.07, 6.45) is 3.85. The molecule has 0 spiro atoms. The molecule has 0 saturated heterocycles. The van der Waals surface area contributed by atoms with Crippen LogP contribution in [-0.4, -0.2) is 24.6 Å². The topological polar surface area (TPSA) is 28.2 Å². The summed E-state index contributed by atoms with van der Waals surface area (Å²) in [7, 11) is 0. The van der Waals surface area contributed by atoms with Gasteiger partial charge in [0.1, 0.15) is 0 Å². The lowest BCUT2D eigenvalue weighted by Crippen LogP contribution is -2.30. The van der Waals surface area contributed by atoms with Crippen LogP contribution in [0, 0.1) is 11.7 Å². The van der Waals surface area contributed by atoms with Gasteiger partial charge in [0.15, 0.2) is 11.6 Å². The molecule has 0 saturated carbocycles. The van der Waals surface area contributed by atoms with Gasteiger partial charge in [-0.1, -0.05) is 27.2 Å². The second-order valence-corrected chi connectivity index (χ2v) is 5.34. The number of nitrogens with zero attached hydrogens (tertiary/aromatic N) is 2. The molecule has 0 radical (unpaired) electrons. The molecular weight excluding hydrogens is 253 g/mol. The second-order valence-electron chi connectivity index (χ2n) is 5.34. The highest BCUT2D eigenvalue weighted by Gasteiger charge is 2.16. The van der Waals surface area contributed by atoms with E-state index in [1.165, 1.54) is 0 Å². The third kappa shape index (κ3) is 4.75. The van der Waals surface area contributed by atoms with Gasteiger partial charge in [-0.15, -0.1) is 0 Å². The molecule has 1 aromatic rings. The van der Waals surface area contributed by atoms with Crippen LogP contribution >= 0.6 is 0 Å². The van der Waals surface area contributed by atoms with Gasteiger partial charge in [0.25, 0.3) is 0 Å².